The molecule has 0 aromatic heterocycles. The van der Waals surface area contributed by atoms with Gasteiger partial charge in [-0.2, -0.15) is 0 Å². The Balaban J connectivity index is 3.51. The fourth-order valence-corrected chi connectivity index (χ4v) is 3.44. The lowest BCUT2D eigenvalue weighted by atomic mass is 10.0. The van der Waals surface area contributed by atoms with Crippen molar-refractivity contribution in [3.8, 4) is 0 Å². The van der Waals surface area contributed by atoms with Crippen molar-refractivity contribution in [2.24, 2.45) is 0 Å². The molecular weight excluding hydrogens is 340 g/mol. The van der Waals surface area contributed by atoms with Crippen LogP contribution in [0.15, 0.2) is 0 Å². The minimum atomic E-state index is -0.456. The summed E-state index contributed by atoms with van der Waals surface area (Å²) in [5, 5.41) is 18.6. The lowest BCUT2D eigenvalue weighted by molar-refractivity contribution is -0.0949. The highest BCUT2D eigenvalue weighted by atomic mass is 16.5. The highest BCUT2D eigenvalue weighted by Crippen LogP contribution is 2.16. The zero-order valence-electron chi connectivity index (χ0n) is 18.5. The van der Waals surface area contributed by atoms with Crippen LogP contribution in [0.1, 0.15) is 111 Å². The molecule has 0 rings (SSSR count). The first-order valence-electron chi connectivity index (χ1n) is 11.6. The second kappa shape index (κ2) is 20.6. The molecule has 0 aromatic carbocycles. The van der Waals surface area contributed by atoms with E-state index in [0.29, 0.717) is 13.2 Å². The van der Waals surface area contributed by atoms with Gasteiger partial charge in [-0.15, -0.1) is 0 Å². The van der Waals surface area contributed by atoms with E-state index in [0.717, 1.165) is 12.8 Å². The van der Waals surface area contributed by atoms with Crippen molar-refractivity contribution in [1.29, 1.82) is 0 Å². The molecule has 0 heterocycles. The van der Waals surface area contributed by atoms with E-state index in [1.807, 2.05) is 6.92 Å². The zero-order valence-corrected chi connectivity index (χ0v) is 18.5. The molecule has 27 heavy (non-hydrogen) atoms. The zero-order chi connectivity index (χ0) is 20.2. The van der Waals surface area contributed by atoms with Gasteiger partial charge in [-0.1, -0.05) is 90.4 Å². The molecule has 2 N–H and O–H groups in total. The molecule has 0 fully saturated rings. The molecule has 0 saturated heterocycles. The molecule has 164 valence electrons. The summed E-state index contributed by atoms with van der Waals surface area (Å²) in [6.07, 6.45) is 17.8. The summed E-state index contributed by atoms with van der Waals surface area (Å²) in [7, 11) is 0. The van der Waals surface area contributed by atoms with E-state index in [1.54, 1.807) is 6.92 Å². The van der Waals surface area contributed by atoms with Crippen LogP contribution in [-0.2, 0) is 9.47 Å². The van der Waals surface area contributed by atoms with Gasteiger partial charge in [0.2, 0.25) is 0 Å². The quantitative estimate of drug-likeness (QED) is 0.250. The Kier molecular flexibility index (Phi) is 20.4. The molecule has 0 amide bonds. The molecule has 4 heteroatoms. The van der Waals surface area contributed by atoms with Crippen molar-refractivity contribution < 1.29 is 19.7 Å². The molecule has 0 spiro atoms. The SMILES string of the molecule is CCCCCCCCCCCCCCCC(OC(C)COCCO)C(C)O. The summed E-state index contributed by atoms with van der Waals surface area (Å²) in [4.78, 5) is 0. The number of unbranched alkanes of at least 4 members (excludes halogenated alkanes) is 12. The number of hydrogen-bond donors (Lipinski definition) is 2. The minimum absolute atomic E-state index is 0.0332. The third-order valence-corrected chi connectivity index (χ3v) is 5.13. The van der Waals surface area contributed by atoms with Gasteiger partial charge in [0.25, 0.3) is 0 Å². The van der Waals surface area contributed by atoms with Gasteiger partial charge >= 0.3 is 0 Å². The Labute approximate surface area is 169 Å². The molecular formula is C23H48O4. The Morgan fingerprint density at radius 2 is 1.22 bits per heavy atom. The van der Waals surface area contributed by atoms with E-state index in [-0.39, 0.29) is 18.8 Å². The molecule has 0 aliphatic heterocycles. The summed E-state index contributed by atoms with van der Waals surface area (Å²) in [5.74, 6) is 0. The highest BCUT2D eigenvalue weighted by molar-refractivity contribution is 4.67. The second-order valence-corrected chi connectivity index (χ2v) is 8.06. The molecule has 0 bridgehead atoms. The van der Waals surface area contributed by atoms with Crippen LogP contribution in [0.5, 0.6) is 0 Å². The van der Waals surface area contributed by atoms with Gasteiger partial charge < -0.3 is 19.7 Å². The predicted molar refractivity (Wildman–Crippen MR) is 114 cm³/mol. The van der Waals surface area contributed by atoms with Crippen molar-refractivity contribution in [2.75, 3.05) is 19.8 Å². The highest BCUT2D eigenvalue weighted by Gasteiger charge is 2.18. The fourth-order valence-electron chi connectivity index (χ4n) is 3.44. The van der Waals surface area contributed by atoms with E-state index < -0.39 is 6.10 Å². The van der Waals surface area contributed by atoms with E-state index in [4.69, 9.17) is 14.6 Å². The summed E-state index contributed by atoms with van der Waals surface area (Å²) >= 11 is 0. The first-order valence-corrected chi connectivity index (χ1v) is 11.6. The molecule has 4 nitrogen and oxygen atoms in total. The average molecular weight is 389 g/mol. The van der Waals surface area contributed by atoms with Gasteiger partial charge in [0, 0.05) is 0 Å². The lowest BCUT2D eigenvalue weighted by Gasteiger charge is -2.24. The summed E-state index contributed by atoms with van der Waals surface area (Å²) in [5.41, 5.74) is 0. The van der Waals surface area contributed by atoms with Gasteiger partial charge in [0.1, 0.15) is 0 Å². The van der Waals surface area contributed by atoms with Crippen molar-refractivity contribution in [2.45, 2.75) is 129 Å². The molecule has 0 aromatic rings. The largest absolute Gasteiger partial charge is 0.394 e. The second-order valence-electron chi connectivity index (χ2n) is 8.06. The van der Waals surface area contributed by atoms with Crippen LogP contribution in [0.25, 0.3) is 0 Å². The molecule has 0 saturated carbocycles. The number of aliphatic hydroxyl groups is 2. The van der Waals surface area contributed by atoms with Crippen LogP contribution in [0.3, 0.4) is 0 Å². The van der Waals surface area contributed by atoms with Crippen LogP contribution in [0.4, 0.5) is 0 Å². The molecule has 0 aliphatic rings. The third kappa shape index (κ3) is 18.9. The van der Waals surface area contributed by atoms with E-state index in [9.17, 15) is 5.11 Å². The van der Waals surface area contributed by atoms with Gasteiger partial charge in [0.05, 0.1) is 38.1 Å². The smallest absolute Gasteiger partial charge is 0.0836 e. The molecule has 0 radical (unpaired) electrons. The van der Waals surface area contributed by atoms with Crippen molar-refractivity contribution in [1.82, 2.24) is 0 Å². The molecule has 0 aliphatic carbocycles. The van der Waals surface area contributed by atoms with Crippen molar-refractivity contribution in [3.05, 3.63) is 0 Å². The van der Waals surface area contributed by atoms with Crippen LogP contribution < -0.4 is 0 Å². The van der Waals surface area contributed by atoms with E-state index >= 15 is 0 Å². The third-order valence-electron chi connectivity index (χ3n) is 5.13. The lowest BCUT2D eigenvalue weighted by Crippen LogP contribution is -2.32. The number of hydrogen-bond acceptors (Lipinski definition) is 4. The molecule has 3 atom stereocenters. The topological polar surface area (TPSA) is 58.9 Å². The Morgan fingerprint density at radius 3 is 1.67 bits per heavy atom. The van der Waals surface area contributed by atoms with Crippen LogP contribution >= 0.6 is 0 Å². The van der Waals surface area contributed by atoms with E-state index in [1.165, 1.54) is 77.0 Å². The summed E-state index contributed by atoms with van der Waals surface area (Å²) in [6, 6.07) is 0. The van der Waals surface area contributed by atoms with Gasteiger partial charge in [-0.25, -0.2) is 0 Å². The average Bonchev–Trinajstić information content (AvgIpc) is 2.64. The normalized spacial score (nSPS) is 15.0. The minimum Gasteiger partial charge on any atom is -0.394 e. The number of aliphatic hydroxyl groups excluding tert-OH is 2. The summed E-state index contributed by atoms with van der Waals surface area (Å²) in [6.45, 7) is 6.86. The first kappa shape index (κ1) is 26.8. The van der Waals surface area contributed by atoms with Crippen molar-refractivity contribution >= 4 is 0 Å². The predicted octanol–water partition coefficient (Wildman–Crippen LogP) is 5.63. The molecule has 3 unspecified atom stereocenters. The Bertz CT molecular complexity index is 284. The monoisotopic (exact) mass is 388 g/mol. The summed E-state index contributed by atoms with van der Waals surface area (Å²) < 4.78 is 11.2. The maximum absolute atomic E-state index is 9.92. The number of ether oxygens (including phenoxy) is 2. The van der Waals surface area contributed by atoms with Crippen LogP contribution in [0, 0.1) is 0 Å². The van der Waals surface area contributed by atoms with E-state index in [2.05, 4.69) is 6.92 Å². The van der Waals surface area contributed by atoms with Gasteiger partial charge in [-0.3, -0.25) is 0 Å². The standard InChI is InChI=1S/C23H48O4/c1-4-5-6-7-8-9-10-11-12-13-14-15-16-17-23(22(3)25)27-21(2)20-26-19-18-24/h21-25H,4-20H2,1-3H3. The maximum atomic E-state index is 9.92. The van der Waals surface area contributed by atoms with Gasteiger partial charge in [-0.05, 0) is 20.3 Å². The number of rotatable bonds is 21. The van der Waals surface area contributed by atoms with Crippen LogP contribution in [-0.4, -0.2) is 48.3 Å². The Hall–Kier alpha value is -0.160. The van der Waals surface area contributed by atoms with Crippen LogP contribution in [0.2, 0.25) is 0 Å². The fraction of sp³-hybridized carbons (Fsp3) is 1.00. The van der Waals surface area contributed by atoms with Crippen molar-refractivity contribution in [3.63, 3.8) is 0 Å². The van der Waals surface area contributed by atoms with Gasteiger partial charge in [0.15, 0.2) is 0 Å². The first-order chi connectivity index (χ1) is 13.1. The maximum Gasteiger partial charge on any atom is 0.0836 e. The Morgan fingerprint density at radius 1 is 0.741 bits per heavy atom.